The summed E-state index contributed by atoms with van der Waals surface area (Å²) in [6.07, 6.45) is 1.82. The van der Waals surface area contributed by atoms with Crippen molar-refractivity contribution in [3.05, 3.63) is 113 Å². The summed E-state index contributed by atoms with van der Waals surface area (Å²) in [4.78, 5) is 18.8. The van der Waals surface area contributed by atoms with Gasteiger partial charge in [0.2, 0.25) is 0 Å². The highest BCUT2D eigenvalue weighted by molar-refractivity contribution is 7.80. The van der Waals surface area contributed by atoms with Crippen molar-refractivity contribution in [3.8, 4) is 5.69 Å². The van der Waals surface area contributed by atoms with Gasteiger partial charge in [-0.2, -0.15) is 0 Å². The Labute approximate surface area is 216 Å². The van der Waals surface area contributed by atoms with Gasteiger partial charge >= 0.3 is 5.97 Å². The molecule has 0 radical (unpaired) electrons. The number of methoxy groups -OCH3 is 1. The highest BCUT2D eigenvalue weighted by Crippen LogP contribution is 2.43. The topological polar surface area (TPSA) is 59.4 Å². The molecule has 1 aliphatic rings. The Morgan fingerprint density at radius 1 is 0.972 bits per heavy atom. The largest absolute Gasteiger partial charge is 0.465 e. The number of rotatable bonds is 5. The van der Waals surface area contributed by atoms with Crippen LogP contribution in [0, 0.1) is 20.8 Å². The molecular weight excluding hydrogens is 468 g/mol. The number of aromatic nitrogens is 2. The van der Waals surface area contributed by atoms with E-state index >= 15 is 0 Å². The Hall–Kier alpha value is -3.97. The van der Waals surface area contributed by atoms with Crippen LogP contribution >= 0.6 is 12.2 Å². The molecule has 1 saturated heterocycles. The van der Waals surface area contributed by atoms with Gasteiger partial charge in [0.05, 0.1) is 30.5 Å². The molecule has 2 aromatic heterocycles. The molecule has 0 aliphatic carbocycles. The maximum absolute atomic E-state index is 11.9. The average Bonchev–Trinajstić information content (AvgIpc) is 3.39. The van der Waals surface area contributed by atoms with E-state index in [4.69, 9.17) is 17.0 Å². The van der Waals surface area contributed by atoms with Gasteiger partial charge < -0.3 is 19.5 Å². The number of pyridine rings is 1. The van der Waals surface area contributed by atoms with Gasteiger partial charge in [-0.1, -0.05) is 23.8 Å². The molecule has 1 fully saturated rings. The summed E-state index contributed by atoms with van der Waals surface area (Å²) in [5.74, 6) is -0.347. The van der Waals surface area contributed by atoms with Gasteiger partial charge in [0, 0.05) is 29.0 Å². The van der Waals surface area contributed by atoms with Crippen molar-refractivity contribution in [1.82, 2.24) is 14.9 Å². The first-order valence-electron chi connectivity index (χ1n) is 11.8. The van der Waals surface area contributed by atoms with Crippen LogP contribution < -0.4 is 10.2 Å². The minimum absolute atomic E-state index is 0.0931. The van der Waals surface area contributed by atoms with Gasteiger partial charge in [-0.3, -0.25) is 4.98 Å². The Morgan fingerprint density at radius 3 is 2.31 bits per heavy atom. The molecule has 2 aromatic carbocycles. The molecule has 0 saturated carbocycles. The van der Waals surface area contributed by atoms with Crippen LogP contribution in [0.5, 0.6) is 0 Å². The summed E-state index contributed by atoms with van der Waals surface area (Å²) in [5.41, 5.74) is 8.03. The summed E-state index contributed by atoms with van der Waals surface area (Å²) in [7, 11) is 1.39. The maximum Gasteiger partial charge on any atom is 0.337 e. The average molecular weight is 497 g/mol. The van der Waals surface area contributed by atoms with E-state index < -0.39 is 0 Å². The van der Waals surface area contributed by atoms with Crippen LogP contribution in [0.15, 0.2) is 79.0 Å². The molecule has 3 heterocycles. The van der Waals surface area contributed by atoms with Crippen molar-refractivity contribution in [2.24, 2.45) is 0 Å². The molecular formula is C29H28N4O2S. The lowest BCUT2D eigenvalue weighted by Crippen LogP contribution is -2.29. The van der Waals surface area contributed by atoms with Crippen molar-refractivity contribution in [2.75, 3.05) is 12.0 Å². The minimum Gasteiger partial charge on any atom is -0.465 e. The van der Waals surface area contributed by atoms with E-state index in [1.807, 2.05) is 36.5 Å². The standard InChI is InChI=1S/C29H28N4O2S/c1-18-8-12-23(13-9-18)33-27(26(31-29(33)36)25-7-5-6-16-30-25)24-17-19(2)32(20(24)3)22-14-10-21(11-15-22)28(34)35-4/h5-17,26-27H,1-4H3,(H,31,36)/t26-,27-/m0/s1. The second-order valence-electron chi connectivity index (χ2n) is 9.03. The summed E-state index contributed by atoms with van der Waals surface area (Å²) < 4.78 is 7.06. The van der Waals surface area contributed by atoms with E-state index in [2.05, 4.69) is 70.9 Å². The summed E-state index contributed by atoms with van der Waals surface area (Å²) in [6, 6.07) is 23.9. The minimum atomic E-state index is -0.347. The number of benzene rings is 2. The smallest absolute Gasteiger partial charge is 0.337 e. The third-order valence-corrected chi connectivity index (χ3v) is 7.06. The zero-order valence-electron chi connectivity index (χ0n) is 20.7. The number of thiocarbonyl (C=S) groups is 1. The quantitative estimate of drug-likeness (QED) is 0.280. The van der Waals surface area contributed by atoms with Gasteiger partial charge in [0.25, 0.3) is 0 Å². The number of anilines is 1. The van der Waals surface area contributed by atoms with Gasteiger partial charge in [-0.05, 0) is 93.1 Å². The number of aryl methyl sites for hydroxylation is 2. The Kier molecular flexibility index (Phi) is 6.33. The van der Waals surface area contributed by atoms with Crippen LogP contribution in [0.25, 0.3) is 5.69 Å². The third kappa shape index (κ3) is 4.16. The molecule has 2 atom stereocenters. The monoisotopic (exact) mass is 496 g/mol. The Morgan fingerprint density at radius 2 is 1.67 bits per heavy atom. The van der Waals surface area contributed by atoms with Crippen molar-refractivity contribution >= 4 is 29.0 Å². The molecule has 182 valence electrons. The number of hydrogen-bond donors (Lipinski definition) is 1. The molecule has 36 heavy (non-hydrogen) atoms. The second kappa shape index (κ2) is 9.59. The van der Waals surface area contributed by atoms with E-state index in [-0.39, 0.29) is 18.1 Å². The van der Waals surface area contributed by atoms with Crippen LogP contribution in [0.3, 0.4) is 0 Å². The van der Waals surface area contributed by atoms with Gasteiger partial charge in [-0.25, -0.2) is 4.79 Å². The maximum atomic E-state index is 11.9. The molecule has 1 aliphatic heterocycles. The first-order valence-corrected chi connectivity index (χ1v) is 12.2. The Bertz CT molecular complexity index is 1410. The predicted octanol–water partition coefficient (Wildman–Crippen LogP) is 5.76. The SMILES string of the molecule is COC(=O)c1ccc(-n2c(C)cc([C@H]3[C@H](c4ccccn4)NC(=S)N3c3ccc(C)cc3)c2C)cc1. The zero-order chi connectivity index (χ0) is 25.4. The summed E-state index contributed by atoms with van der Waals surface area (Å²) >= 11 is 5.87. The fourth-order valence-electron chi connectivity index (χ4n) is 5.00. The van der Waals surface area contributed by atoms with Crippen molar-refractivity contribution < 1.29 is 9.53 Å². The highest BCUT2D eigenvalue weighted by Gasteiger charge is 2.42. The van der Waals surface area contributed by atoms with Crippen molar-refractivity contribution in [1.29, 1.82) is 0 Å². The van der Waals surface area contributed by atoms with Crippen molar-refractivity contribution in [3.63, 3.8) is 0 Å². The number of nitrogens with zero attached hydrogens (tertiary/aromatic N) is 3. The van der Waals surface area contributed by atoms with E-state index in [0.717, 1.165) is 34.0 Å². The molecule has 0 unspecified atom stereocenters. The molecule has 0 bridgehead atoms. The first-order chi connectivity index (χ1) is 17.4. The van der Waals surface area contributed by atoms with Crippen LogP contribution in [0.2, 0.25) is 0 Å². The lowest BCUT2D eigenvalue weighted by atomic mass is 9.96. The van der Waals surface area contributed by atoms with Gasteiger partial charge in [0.1, 0.15) is 0 Å². The molecule has 0 amide bonds. The number of ether oxygens (including phenoxy) is 1. The zero-order valence-corrected chi connectivity index (χ0v) is 21.5. The summed E-state index contributed by atoms with van der Waals surface area (Å²) in [6.45, 7) is 6.30. The van der Waals surface area contributed by atoms with Crippen LogP contribution in [0.4, 0.5) is 5.69 Å². The van der Waals surface area contributed by atoms with Crippen LogP contribution in [-0.4, -0.2) is 27.7 Å². The molecule has 0 spiro atoms. The molecule has 7 heteroatoms. The van der Waals surface area contributed by atoms with Crippen molar-refractivity contribution in [2.45, 2.75) is 32.9 Å². The number of carbonyl (C=O) groups is 1. The number of hydrogen-bond acceptors (Lipinski definition) is 4. The Balaban J connectivity index is 1.63. The van der Waals surface area contributed by atoms with Crippen LogP contribution in [0.1, 0.15) is 50.7 Å². The number of carbonyl (C=O) groups excluding carboxylic acids is 1. The summed E-state index contributed by atoms with van der Waals surface area (Å²) in [5, 5.41) is 4.21. The number of esters is 1. The van der Waals surface area contributed by atoms with Gasteiger partial charge in [-0.15, -0.1) is 0 Å². The fraction of sp³-hybridized carbons (Fsp3) is 0.207. The van der Waals surface area contributed by atoms with E-state index in [1.165, 1.54) is 12.7 Å². The fourth-order valence-corrected chi connectivity index (χ4v) is 5.35. The molecule has 5 rings (SSSR count). The first kappa shape index (κ1) is 23.8. The number of nitrogens with one attached hydrogen (secondary N) is 1. The molecule has 4 aromatic rings. The normalized spacial score (nSPS) is 17.2. The van der Waals surface area contributed by atoms with Crippen LogP contribution in [-0.2, 0) is 4.74 Å². The van der Waals surface area contributed by atoms with E-state index in [9.17, 15) is 4.79 Å². The van der Waals surface area contributed by atoms with E-state index in [0.29, 0.717) is 10.7 Å². The lowest BCUT2D eigenvalue weighted by Gasteiger charge is -2.28. The lowest BCUT2D eigenvalue weighted by molar-refractivity contribution is 0.0600. The highest BCUT2D eigenvalue weighted by atomic mass is 32.1. The van der Waals surface area contributed by atoms with E-state index in [1.54, 1.807) is 12.1 Å². The van der Waals surface area contributed by atoms with Gasteiger partial charge in [0.15, 0.2) is 5.11 Å². The molecule has 1 N–H and O–H groups in total. The third-order valence-electron chi connectivity index (χ3n) is 6.75. The molecule has 6 nitrogen and oxygen atoms in total. The second-order valence-corrected chi connectivity index (χ2v) is 9.42. The predicted molar refractivity (Wildman–Crippen MR) is 146 cm³/mol.